The molecule has 1 aliphatic rings. The number of rotatable bonds is 12. The Morgan fingerprint density at radius 2 is 1.76 bits per heavy atom. The molecule has 0 fully saturated rings. The summed E-state index contributed by atoms with van der Waals surface area (Å²) >= 11 is 1.56. The van der Waals surface area contributed by atoms with Crippen LogP contribution in [-0.2, 0) is 22.7 Å². The quantitative estimate of drug-likeness (QED) is 0.145. The summed E-state index contributed by atoms with van der Waals surface area (Å²) in [6, 6.07) is 25.7. The maximum atomic E-state index is 14.0. The molecule has 0 radical (unpaired) electrons. The number of carbonyl (C=O) groups is 3. The minimum absolute atomic E-state index is 0.144. The molecule has 240 valence electrons. The van der Waals surface area contributed by atoms with E-state index < -0.39 is 17.6 Å². The van der Waals surface area contributed by atoms with Crippen LogP contribution in [0.15, 0.2) is 101 Å². The third kappa shape index (κ3) is 8.57. The van der Waals surface area contributed by atoms with Crippen molar-refractivity contribution >= 4 is 41.0 Å². The zero-order chi connectivity index (χ0) is 32.5. The largest absolute Gasteiger partial charge is 0.468 e. The van der Waals surface area contributed by atoms with Crippen LogP contribution in [0.5, 0.6) is 0 Å². The van der Waals surface area contributed by atoms with Crippen LogP contribution in [0.3, 0.4) is 0 Å². The van der Waals surface area contributed by atoms with Crippen LogP contribution in [0.4, 0.5) is 16.2 Å². The highest BCUT2D eigenvalue weighted by Crippen LogP contribution is 2.36. The Morgan fingerprint density at radius 1 is 1.00 bits per heavy atom. The van der Waals surface area contributed by atoms with E-state index >= 15 is 0 Å². The zero-order valence-electron chi connectivity index (χ0n) is 25.9. The van der Waals surface area contributed by atoms with Crippen molar-refractivity contribution in [2.24, 2.45) is 0 Å². The number of urea groups is 1. The third-order valence-electron chi connectivity index (χ3n) is 7.56. The number of hydrogen-bond acceptors (Lipinski definition) is 7. The van der Waals surface area contributed by atoms with Crippen molar-refractivity contribution in [3.63, 3.8) is 0 Å². The molecular formula is C35H39N5O5S. The highest BCUT2D eigenvalue weighted by Gasteiger charge is 2.33. The van der Waals surface area contributed by atoms with E-state index in [4.69, 9.17) is 9.52 Å². The molecule has 5 N–H and O–H groups in total. The Kier molecular flexibility index (Phi) is 10.8. The second-order valence-corrected chi connectivity index (χ2v) is 12.7. The number of aliphatic hydroxyl groups is 1. The van der Waals surface area contributed by atoms with E-state index in [1.165, 1.54) is 0 Å². The van der Waals surface area contributed by atoms with Crippen LogP contribution in [0.1, 0.15) is 31.6 Å². The molecule has 0 spiro atoms. The predicted molar refractivity (Wildman–Crippen MR) is 181 cm³/mol. The van der Waals surface area contributed by atoms with Gasteiger partial charge in [0.1, 0.15) is 11.8 Å². The van der Waals surface area contributed by atoms with E-state index in [1.54, 1.807) is 22.9 Å². The lowest BCUT2D eigenvalue weighted by Gasteiger charge is -2.28. The number of benzene rings is 3. The van der Waals surface area contributed by atoms with Gasteiger partial charge in [-0.25, -0.2) is 4.79 Å². The number of furan rings is 1. The first kappa shape index (κ1) is 32.8. The van der Waals surface area contributed by atoms with Crippen LogP contribution in [-0.4, -0.2) is 53.4 Å². The summed E-state index contributed by atoms with van der Waals surface area (Å²) in [5.41, 5.74) is 3.58. The number of fused-ring (bicyclic) bond motifs is 1. The number of hydrogen-bond donors (Lipinski definition) is 5. The Bertz CT molecular complexity index is 1640. The number of nitrogens with one attached hydrogen (secondary N) is 4. The summed E-state index contributed by atoms with van der Waals surface area (Å²) in [4.78, 5) is 42.2. The molecule has 1 atom stereocenters. The van der Waals surface area contributed by atoms with Gasteiger partial charge in [0.15, 0.2) is 0 Å². The molecule has 0 saturated heterocycles. The van der Waals surface area contributed by atoms with Gasteiger partial charge in [-0.1, -0.05) is 54.6 Å². The number of aliphatic hydroxyl groups excluding tert-OH is 1. The molecule has 2 heterocycles. The Balaban J connectivity index is 1.29. The van der Waals surface area contributed by atoms with Crippen molar-refractivity contribution < 1.29 is 23.9 Å². The monoisotopic (exact) mass is 641 g/mol. The maximum Gasteiger partial charge on any atom is 0.319 e. The standard InChI is InChI=1S/C35H39N5O5S/c1-35(2,37-21-26-8-7-19-45-26)20-32(42)38-29-23-46-31-12-6-5-11-30(31)40(33(29)43)22-24-13-15-25(16-14-24)27-9-3-4-10-28(27)39-34(44)36-17-18-41/h3-16,19,29,37,41H,17-18,20-23H2,1-2H3,(H,38,42)(H2,36,39,44)/t29-/m1/s1. The molecule has 0 unspecified atom stereocenters. The fourth-order valence-corrected chi connectivity index (χ4v) is 6.29. The highest BCUT2D eigenvalue weighted by atomic mass is 32.2. The van der Waals surface area contributed by atoms with Crippen molar-refractivity contribution in [2.45, 2.75) is 49.8 Å². The fraction of sp³-hybridized carbons (Fsp3) is 0.286. The van der Waals surface area contributed by atoms with Gasteiger partial charge in [-0.2, -0.15) is 0 Å². The van der Waals surface area contributed by atoms with Gasteiger partial charge in [0, 0.05) is 34.7 Å². The molecule has 3 aromatic carbocycles. The average molecular weight is 642 g/mol. The number of amides is 4. The van der Waals surface area contributed by atoms with E-state index in [0.717, 1.165) is 33.0 Å². The van der Waals surface area contributed by atoms with Gasteiger partial charge in [-0.3, -0.25) is 9.59 Å². The molecule has 5 rings (SSSR count). The molecule has 4 aromatic rings. The van der Waals surface area contributed by atoms with Crippen molar-refractivity contribution in [1.82, 2.24) is 16.0 Å². The molecule has 0 aliphatic carbocycles. The van der Waals surface area contributed by atoms with Crippen LogP contribution in [0, 0.1) is 0 Å². The Labute approximate surface area is 272 Å². The normalized spacial score (nSPS) is 14.7. The number of carbonyl (C=O) groups excluding carboxylic acids is 3. The summed E-state index contributed by atoms with van der Waals surface area (Å²) in [5, 5.41) is 20.8. The van der Waals surface area contributed by atoms with Gasteiger partial charge in [0.25, 0.3) is 5.91 Å². The summed E-state index contributed by atoms with van der Waals surface area (Å²) < 4.78 is 5.39. The predicted octanol–water partition coefficient (Wildman–Crippen LogP) is 5.14. The Hall–Kier alpha value is -4.58. The lowest BCUT2D eigenvalue weighted by Crippen LogP contribution is -2.51. The van der Waals surface area contributed by atoms with Gasteiger partial charge in [-0.05, 0) is 55.3 Å². The zero-order valence-corrected chi connectivity index (χ0v) is 26.7. The SMILES string of the molecule is CC(C)(CC(=O)N[C@@H]1CSc2ccccc2N(Cc2ccc(-c3ccccc3NC(=O)NCCO)cc2)C1=O)NCc1ccco1. The van der Waals surface area contributed by atoms with Gasteiger partial charge >= 0.3 is 6.03 Å². The summed E-state index contributed by atoms with van der Waals surface area (Å²) in [5.74, 6) is 0.836. The molecule has 4 amide bonds. The van der Waals surface area contributed by atoms with Gasteiger partial charge in [0.2, 0.25) is 5.91 Å². The second-order valence-electron chi connectivity index (χ2n) is 11.7. The maximum absolute atomic E-state index is 14.0. The Morgan fingerprint density at radius 3 is 2.52 bits per heavy atom. The topological polar surface area (TPSA) is 136 Å². The highest BCUT2D eigenvalue weighted by molar-refractivity contribution is 7.99. The van der Waals surface area contributed by atoms with Crippen molar-refractivity contribution in [3.8, 4) is 11.1 Å². The molecule has 11 heteroatoms. The molecule has 10 nitrogen and oxygen atoms in total. The van der Waals surface area contributed by atoms with Crippen molar-refractivity contribution in [3.05, 3.63) is 103 Å². The minimum atomic E-state index is -0.694. The van der Waals surface area contributed by atoms with E-state index in [1.807, 2.05) is 98.8 Å². The first-order valence-electron chi connectivity index (χ1n) is 15.2. The minimum Gasteiger partial charge on any atom is -0.468 e. The second kappa shape index (κ2) is 15.1. The summed E-state index contributed by atoms with van der Waals surface area (Å²) in [7, 11) is 0. The van der Waals surface area contributed by atoms with Crippen LogP contribution in [0.2, 0.25) is 0 Å². The summed E-state index contributed by atoms with van der Waals surface area (Å²) in [6.07, 6.45) is 1.81. The van der Waals surface area contributed by atoms with Gasteiger partial charge < -0.3 is 35.7 Å². The number of para-hydroxylation sites is 2. The lowest BCUT2D eigenvalue weighted by atomic mass is 9.99. The smallest absolute Gasteiger partial charge is 0.319 e. The van der Waals surface area contributed by atoms with Crippen LogP contribution >= 0.6 is 11.8 Å². The molecule has 0 saturated carbocycles. The number of anilines is 2. The number of nitrogens with zero attached hydrogens (tertiary/aromatic N) is 1. The van der Waals surface area contributed by atoms with Crippen molar-refractivity contribution in [1.29, 1.82) is 0 Å². The third-order valence-corrected chi connectivity index (χ3v) is 8.72. The lowest BCUT2D eigenvalue weighted by molar-refractivity contribution is -0.127. The first-order valence-corrected chi connectivity index (χ1v) is 16.1. The molecule has 46 heavy (non-hydrogen) atoms. The van der Waals surface area contributed by atoms with Gasteiger partial charge in [0.05, 0.1) is 37.3 Å². The van der Waals surface area contributed by atoms with E-state index in [2.05, 4.69) is 21.3 Å². The van der Waals surface area contributed by atoms with Crippen molar-refractivity contribution in [2.75, 3.05) is 29.1 Å². The van der Waals surface area contributed by atoms with Gasteiger partial charge in [-0.15, -0.1) is 11.8 Å². The number of thioether (sulfide) groups is 1. The molecule has 0 bridgehead atoms. The summed E-state index contributed by atoms with van der Waals surface area (Å²) in [6.45, 7) is 4.73. The van der Waals surface area contributed by atoms with E-state index in [9.17, 15) is 14.4 Å². The average Bonchev–Trinajstić information content (AvgIpc) is 3.54. The van der Waals surface area contributed by atoms with Crippen LogP contribution < -0.4 is 26.2 Å². The molecule has 1 aliphatic heterocycles. The van der Waals surface area contributed by atoms with Crippen LogP contribution in [0.25, 0.3) is 11.1 Å². The molecule has 1 aromatic heterocycles. The van der Waals surface area contributed by atoms with E-state index in [0.29, 0.717) is 24.5 Å². The fourth-order valence-electron chi connectivity index (χ4n) is 5.22. The van der Waals surface area contributed by atoms with E-state index in [-0.39, 0.29) is 31.4 Å². The molecular weight excluding hydrogens is 602 g/mol. The first-order chi connectivity index (χ1) is 22.2.